The number of halogens is 2. The number of nitrogen functional groups attached to an aromatic ring is 5. The van der Waals surface area contributed by atoms with Gasteiger partial charge in [0.1, 0.15) is 33.8 Å². The molecule has 0 saturated heterocycles. The quantitative estimate of drug-likeness (QED) is 0.00697. The Hall–Kier alpha value is -12.2. The zero-order chi connectivity index (χ0) is 87.7. The Labute approximate surface area is 779 Å². The van der Waals surface area contributed by atoms with Crippen LogP contribution in [0.15, 0.2) is 97.1 Å². The van der Waals surface area contributed by atoms with Crippen molar-refractivity contribution in [1.82, 2.24) is 59.8 Å². The van der Waals surface area contributed by atoms with E-state index in [9.17, 15) is 70.2 Å². The van der Waals surface area contributed by atoms with E-state index < -0.39 is 29.5 Å². The summed E-state index contributed by atoms with van der Waals surface area (Å²) in [4.78, 5) is 120. The maximum atomic E-state index is 11.0. The molecule has 18 N–H and O–H groups in total. The summed E-state index contributed by atoms with van der Waals surface area (Å²) in [7, 11) is 0.822. The van der Waals surface area contributed by atoms with Gasteiger partial charge < -0.3 is 79.8 Å². The molecule has 0 aliphatic rings. The van der Waals surface area contributed by atoms with Crippen LogP contribution in [0.5, 0.6) is 0 Å². The Bertz CT molecular complexity index is 5900. The molecule has 0 fully saturated rings. The molecule has 14 aromatic rings. The van der Waals surface area contributed by atoms with Crippen LogP contribution >= 0.6 is 28.3 Å². The summed E-state index contributed by atoms with van der Waals surface area (Å²) in [6.45, 7) is 24.7. The van der Waals surface area contributed by atoms with Crippen molar-refractivity contribution in [2.45, 2.75) is 110 Å². The summed E-state index contributed by atoms with van der Waals surface area (Å²) in [5.41, 5.74) is 46.8. The Morgan fingerprint density at radius 3 is 1.08 bits per heavy atom. The molecule has 642 valence electrons. The van der Waals surface area contributed by atoms with Crippen LogP contribution in [0.3, 0.4) is 0 Å². The van der Waals surface area contributed by atoms with Gasteiger partial charge >= 0.3 is 173 Å². The van der Waals surface area contributed by atoms with Crippen molar-refractivity contribution in [1.29, 1.82) is 5.26 Å². The second-order valence-electron chi connectivity index (χ2n) is 25.2. The molecule has 0 aliphatic heterocycles. The first-order valence-corrected chi connectivity index (χ1v) is 35.0. The largest absolute Gasteiger partial charge is 1.00 e. The number of aromatic amines is 6. The first kappa shape index (κ1) is 113. The molecule has 0 saturated carbocycles. The van der Waals surface area contributed by atoms with E-state index in [0.717, 1.165) is 97.1 Å². The van der Waals surface area contributed by atoms with Gasteiger partial charge in [-0.25, -0.2) is 24.9 Å². The number of nitriles is 1. The summed E-state index contributed by atoms with van der Waals surface area (Å²) >= 11 is 2.45. The standard InChI is InChI=1S/C11H13N3O.C10H10BN3O3.2C9H9N3O2.C9H11N3.C8H8N4O2.C8H10N2O2.C7H9N3O2.C2H2O2.CBrN.CH3.ClH.Cu.2Na.H2S/c1-6-9(14-8(3)15)4-5-10-11(6)13-7(2)12-10;1-6-8(14(16)17)3-2-7-10(6)13-9(12-7)4-5-11-15;2*1-5-8(12(13)14)4-3-7-9(5)11-6(2)10-7;1-5-7(10)3-4-8-9(5)12-6(2)11-8;1-4-6(12(13)14)3-2-5-7(4)11-8(9)10-5;1-5-6(2)8(10(11)12)4-3-7(5)9;1-4-6(10(11)12)3-2-5(8)7(4)9;1-2-4-3;2-1-3;;;;;;/h4-5H,1-3H3,(H,12,13)(H,14,15);2-3H,4-5H2,1H3,(H,12,13);2*3-4H,1-2H3,(H,10,11);3-4H,10H2,1-2H3,(H,11,12);2-3H,1H3,(H3,9,10,11);3-4H,9H2,1-2H3;2-3H,8-9H2,1H3;1,3H;;1H3;1H;;;;1H2/q;;;;;;;;;;-1;;3*+1;/p-1. The number of nitrogens with zero attached hydrogens (tertiary/aromatic N) is 13. The maximum absolute atomic E-state index is 11.0. The van der Waals surface area contributed by atoms with Gasteiger partial charge in [0.15, 0.2) is 12.1 Å². The number of hydrogen-bond acceptors (Lipinski definition) is 29. The minimum absolute atomic E-state index is 0. The Morgan fingerprint density at radius 1 is 0.463 bits per heavy atom. The topological polar surface area (TPSA) is 660 Å². The average Bonchev–Trinajstić information content (AvgIpc) is 1.68. The SMILES string of the molecule is C#COO.CC(=O)Nc1ccc2[nH]c(C)nc2c1C.Cc1c(N)ccc([N+](=O)[O-])c1C.Cc1c([N+](=O)[O-])ccc(N)c1N.Cc1c([N+](=O)[O-])ccc2[nH]c(CCB=O)nc12.Cc1c([N+](=O)[O-])ccc2[nH]c(N)nc12.Cc1nc2c(C)c(N)ccc2[nH]1.Cc1nc2c(C)c([N+](=O)[O-])ccc2[nH]1.Cc1nc2c(C)c([N+](=O)[O-])ccc2[nH]1.Cl.N#CBr.[CH3-].[Cu+].[Na+].[Na+].[SH-]. The number of H-pyrrole nitrogens is 6. The molecule has 41 nitrogen and oxygen atoms in total. The van der Waals surface area contributed by atoms with Crippen molar-refractivity contribution in [2.75, 3.05) is 34.0 Å². The van der Waals surface area contributed by atoms with Gasteiger partial charge in [-0.15, -0.1) is 12.4 Å². The van der Waals surface area contributed by atoms with E-state index in [1.54, 1.807) is 83.8 Å². The molecule has 6 heterocycles. The van der Waals surface area contributed by atoms with Crippen molar-refractivity contribution in [3.63, 3.8) is 0 Å². The Balaban J connectivity index is 0. The number of thiol groups is 1. The van der Waals surface area contributed by atoms with Crippen LogP contribution < -0.4 is 93.1 Å². The first-order chi connectivity index (χ1) is 55.1. The van der Waals surface area contributed by atoms with Crippen LogP contribution in [0.4, 0.5) is 68.5 Å². The summed E-state index contributed by atoms with van der Waals surface area (Å²) in [5, 5.41) is 80.7. The van der Waals surface area contributed by atoms with Crippen molar-refractivity contribution in [2.24, 2.45) is 0 Å². The molecule has 0 atom stereocenters. The summed E-state index contributed by atoms with van der Waals surface area (Å²) in [5.74, 6) is 4.22. The van der Waals surface area contributed by atoms with Crippen LogP contribution in [-0.2, 0) is 51.4 Å². The summed E-state index contributed by atoms with van der Waals surface area (Å²) < 4.78 is 10.3. The predicted octanol–water partition coefficient (Wildman–Crippen LogP) is 9.63. The molecule has 1 amide bonds. The average molecular weight is 1860 g/mol. The number of carbonyl (C=O) groups excluding carboxylic acids is 1. The number of benzene rings is 8. The predicted molar refractivity (Wildman–Crippen MR) is 472 cm³/mol. The third-order valence-corrected chi connectivity index (χ3v) is 17.3. The zero-order valence-corrected chi connectivity index (χ0v) is 77.9. The zero-order valence-electron chi connectivity index (χ0n) is 69.6. The van der Waals surface area contributed by atoms with Gasteiger partial charge in [-0.3, -0.25) is 60.3 Å². The number of nitrogens with one attached hydrogen (secondary N) is 7. The first-order valence-electron chi connectivity index (χ1n) is 34.2. The molecule has 6 aromatic heterocycles. The Morgan fingerprint density at radius 2 is 0.732 bits per heavy atom. The molecule has 0 unspecified atom stereocenters. The van der Waals surface area contributed by atoms with Crippen molar-refractivity contribution < 1.29 is 125 Å². The fraction of sp³-hybridized carbons (Fsp3) is 0.213. The molecular formula is C75H86BBrClCuN25Na2O16S+. The van der Waals surface area contributed by atoms with E-state index >= 15 is 0 Å². The van der Waals surface area contributed by atoms with E-state index in [2.05, 4.69) is 92.4 Å². The number of aromatic nitrogens is 12. The maximum Gasteiger partial charge on any atom is 1.00 e. The molecule has 48 heteroatoms. The smallest absolute Gasteiger partial charge is 0.813 e. The summed E-state index contributed by atoms with van der Waals surface area (Å²) in [6.07, 6.45) is 6.70. The van der Waals surface area contributed by atoms with E-state index in [1.165, 1.54) is 55.5 Å². The van der Waals surface area contributed by atoms with Gasteiger partial charge in [0.05, 0.1) is 108 Å². The van der Waals surface area contributed by atoms with Crippen LogP contribution in [0.1, 0.15) is 86.1 Å². The molecule has 8 aromatic carbocycles. The number of terminal acetylenes is 1. The minimum atomic E-state index is -0.481. The van der Waals surface area contributed by atoms with E-state index in [4.69, 9.17) is 39.2 Å². The molecule has 0 aliphatic carbocycles. The van der Waals surface area contributed by atoms with Gasteiger partial charge in [0, 0.05) is 81.4 Å². The summed E-state index contributed by atoms with van der Waals surface area (Å²) in [6, 6.07) is 25.9. The number of amides is 1. The number of rotatable bonds is 10. The van der Waals surface area contributed by atoms with E-state index in [0.29, 0.717) is 90.9 Å². The van der Waals surface area contributed by atoms with Gasteiger partial charge in [0.25, 0.3) is 28.4 Å². The number of aryl methyl sites for hydroxylation is 11. The molecule has 0 bridgehead atoms. The minimum Gasteiger partial charge on any atom is -0.813 e. The molecule has 123 heavy (non-hydrogen) atoms. The van der Waals surface area contributed by atoms with Gasteiger partial charge in [-0.05, 0) is 149 Å². The number of fused-ring (bicyclic) bond motifs is 6. The van der Waals surface area contributed by atoms with Crippen molar-refractivity contribution >= 4 is 190 Å². The number of anilines is 6. The Kier molecular flexibility index (Phi) is 47.8. The second-order valence-corrected chi connectivity index (χ2v) is 25.5. The monoisotopic (exact) mass is 1860 g/mol. The van der Waals surface area contributed by atoms with Crippen LogP contribution in [-0.4, -0.2) is 108 Å². The van der Waals surface area contributed by atoms with Crippen molar-refractivity contribution in [3.05, 3.63) is 244 Å². The van der Waals surface area contributed by atoms with E-state index in [1.807, 2.05) is 65.8 Å². The number of nitrogens with two attached hydrogens (primary N) is 5. The second kappa shape index (κ2) is 52.2. The number of nitro benzene ring substituents is 6. The van der Waals surface area contributed by atoms with Gasteiger partial charge in [-0.1, -0.05) is 6.42 Å². The third-order valence-electron chi connectivity index (χ3n) is 17.3. The number of carbonyl (C=O) groups is 1. The molecular weight excluding hydrogens is 1770 g/mol. The molecule has 0 radical (unpaired) electrons. The fourth-order valence-corrected chi connectivity index (χ4v) is 11.2. The number of imidazole rings is 6. The third kappa shape index (κ3) is 30.4. The number of hydrogen-bond donors (Lipinski definition) is 13. The van der Waals surface area contributed by atoms with Crippen molar-refractivity contribution in [3.8, 4) is 17.5 Å². The van der Waals surface area contributed by atoms with Gasteiger partial charge in [0.2, 0.25) is 5.91 Å². The van der Waals surface area contributed by atoms with Crippen LogP contribution in [0.2, 0.25) is 6.32 Å². The molecule has 14 rings (SSSR count). The van der Waals surface area contributed by atoms with Crippen LogP contribution in [0, 0.1) is 181 Å². The number of nitro groups is 6. The molecule has 0 spiro atoms. The van der Waals surface area contributed by atoms with Gasteiger partial charge in [-0.2, -0.15) is 10.5 Å². The normalized spacial score (nSPS) is 9.54. The van der Waals surface area contributed by atoms with E-state index in [-0.39, 0.29) is 161 Å². The fourth-order valence-electron chi connectivity index (χ4n) is 11.2. The van der Waals surface area contributed by atoms with Crippen LogP contribution in [0.25, 0.3) is 66.2 Å².